The molecule has 0 saturated heterocycles. The van der Waals surface area contributed by atoms with E-state index < -0.39 is 22.9 Å². The Morgan fingerprint density at radius 1 is 1.62 bits per heavy atom. The van der Waals surface area contributed by atoms with Gasteiger partial charge in [0.25, 0.3) is 5.56 Å². The lowest BCUT2D eigenvalue weighted by Gasteiger charge is -2.07. The smallest absolute Gasteiger partial charge is 0.352 e. The maximum absolute atomic E-state index is 11.3. The summed E-state index contributed by atoms with van der Waals surface area (Å²) in [6, 6.07) is 0.820. The maximum atomic E-state index is 11.3. The number of aromatic nitrogens is 2. The fraction of sp³-hybridized carbons (Fsp3) is 0.222. The van der Waals surface area contributed by atoms with Crippen LogP contribution >= 0.6 is 0 Å². The summed E-state index contributed by atoms with van der Waals surface area (Å²) in [5.74, 6) is -1.37. The summed E-state index contributed by atoms with van der Waals surface area (Å²) in [4.78, 5) is 34.9. The van der Waals surface area contributed by atoms with Crippen molar-refractivity contribution in [2.45, 2.75) is 6.73 Å². The van der Waals surface area contributed by atoms with Gasteiger partial charge in [0.2, 0.25) is 0 Å². The highest BCUT2D eigenvalue weighted by atomic mass is 16.5. The van der Waals surface area contributed by atoms with Crippen LogP contribution in [-0.4, -0.2) is 27.2 Å². The second-order valence-corrected chi connectivity index (χ2v) is 2.85. The van der Waals surface area contributed by atoms with Gasteiger partial charge in [-0.05, 0) is 0 Å². The van der Waals surface area contributed by atoms with Gasteiger partial charge in [-0.3, -0.25) is 14.3 Å². The molecule has 1 aromatic rings. The van der Waals surface area contributed by atoms with Gasteiger partial charge in [-0.25, -0.2) is 9.59 Å². The van der Waals surface area contributed by atoms with Gasteiger partial charge in [0, 0.05) is 6.07 Å². The number of carbonyl (C=O) groups is 1. The topological polar surface area (TPSA) is 101 Å². The summed E-state index contributed by atoms with van der Waals surface area (Å²) in [6.07, 6.45) is 1.46. The van der Waals surface area contributed by atoms with Crippen LogP contribution in [0.1, 0.15) is 10.5 Å². The van der Waals surface area contributed by atoms with E-state index in [2.05, 4.69) is 6.58 Å². The summed E-state index contributed by atoms with van der Waals surface area (Å²) >= 11 is 0. The molecular weight excluding hydrogens is 216 g/mol. The molecule has 0 radical (unpaired) electrons. The van der Waals surface area contributed by atoms with Gasteiger partial charge in [-0.15, -0.1) is 6.58 Å². The van der Waals surface area contributed by atoms with Gasteiger partial charge in [-0.1, -0.05) is 6.08 Å². The molecule has 7 nitrogen and oxygen atoms in total. The lowest BCUT2D eigenvalue weighted by atomic mass is 10.4. The first-order valence-corrected chi connectivity index (χ1v) is 4.32. The first-order valence-electron chi connectivity index (χ1n) is 4.32. The van der Waals surface area contributed by atoms with Crippen molar-refractivity contribution >= 4 is 5.97 Å². The van der Waals surface area contributed by atoms with E-state index in [0.29, 0.717) is 0 Å². The molecule has 0 aliphatic heterocycles. The van der Waals surface area contributed by atoms with E-state index in [9.17, 15) is 14.4 Å². The first kappa shape index (κ1) is 11.9. The number of aromatic amines is 1. The van der Waals surface area contributed by atoms with Crippen LogP contribution < -0.4 is 11.2 Å². The minimum Gasteiger partial charge on any atom is -0.477 e. The molecule has 0 spiro atoms. The molecule has 0 aliphatic carbocycles. The van der Waals surface area contributed by atoms with Crippen molar-refractivity contribution in [3.8, 4) is 0 Å². The van der Waals surface area contributed by atoms with E-state index in [1.807, 2.05) is 4.98 Å². The Morgan fingerprint density at radius 2 is 2.31 bits per heavy atom. The van der Waals surface area contributed by atoms with Gasteiger partial charge in [0.15, 0.2) is 0 Å². The lowest BCUT2D eigenvalue weighted by molar-refractivity contribution is 0.0629. The van der Waals surface area contributed by atoms with E-state index in [0.717, 1.165) is 10.6 Å². The Hall–Kier alpha value is -2.15. The number of nitrogens with zero attached hydrogens (tertiary/aromatic N) is 1. The van der Waals surface area contributed by atoms with Crippen molar-refractivity contribution in [2.75, 3.05) is 6.61 Å². The highest BCUT2D eigenvalue weighted by Gasteiger charge is 2.12. The summed E-state index contributed by atoms with van der Waals surface area (Å²) in [5.41, 5.74) is -2.01. The highest BCUT2D eigenvalue weighted by Crippen LogP contribution is 1.93. The number of aromatic carboxylic acids is 1. The molecular formula is C9H10N2O5. The average Bonchev–Trinajstić information content (AvgIpc) is 2.20. The largest absolute Gasteiger partial charge is 0.477 e. The van der Waals surface area contributed by atoms with Crippen LogP contribution in [0.25, 0.3) is 0 Å². The van der Waals surface area contributed by atoms with Gasteiger partial charge < -0.3 is 9.84 Å². The third kappa shape index (κ3) is 2.67. The molecule has 7 heteroatoms. The van der Waals surface area contributed by atoms with Crippen molar-refractivity contribution in [2.24, 2.45) is 0 Å². The SMILES string of the molecule is C=CCOCn1c(C(=O)O)cc(=O)[nH]c1=O. The molecule has 1 heterocycles. The molecule has 0 saturated carbocycles. The summed E-state index contributed by atoms with van der Waals surface area (Å²) in [7, 11) is 0. The fourth-order valence-corrected chi connectivity index (χ4v) is 1.05. The van der Waals surface area contributed by atoms with Crippen molar-refractivity contribution in [3.63, 3.8) is 0 Å². The minimum absolute atomic E-state index is 0.171. The number of ether oxygens (including phenoxy) is 1. The van der Waals surface area contributed by atoms with Crippen molar-refractivity contribution < 1.29 is 14.6 Å². The van der Waals surface area contributed by atoms with Crippen LogP contribution in [0.15, 0.2) is 28.3 Å². The number of rotatable bonds is 5. The van der Waals surface area contributed by atoms with Gasteiger partial charge in [0.1, 0.15) is 12.4 Å². The molecule has 0 fully saturated rings. The molecule has 0 bridgehead atoms. The Balaban J connectivity index is 3.14. The lowest BCUT2D eigenvalue weighted by Crippen LogP contribution is -2.34. The number of H-pyrrole nitrogens is 1. The van der Waals surface area contributed by atoms with Gasteiger partial charge >= 0.3 is 11.7 Å². The highest BCUT2D eigenvalue weighted by molar-refractivity contribution is 5.85. The molecule has 0 unspecified atom stereocenters. The zero-order valence-electron chi connectivity index (χ0n) is 8.30. The number of hydrogen-bond donors (Lipinski definition) is 2. The number of carboxylic acid groups (broad SMARTS) is 1. The van der Waals surface area contributed by atoms with E-state index in [4.69, 9.17) is 9.84 Å². The third-order valence-electron chi connectivity index (χ3n) is 1.71. The van der Waals surface area contributed by atoms with Crippen LogP contribution in [0.3, 0.4) is 0 Å². The minimum atomic E-state index is -1.37. The van der Waals surface area contributed by atoms with Crippen LogP contribution in [0.5, 0.6) is 0 Å². The second kappa shape index (κ2) is 5.08. The van der Waals surface area contributed by atoms with Crippen LogP contribution in [0.2, 0.25) is 0 Å². The van der Waals surface area contributed by atoms with Crippen LogP contribution in [0, 0.1) is 0 Å². The van der Waals surface area contributed by atoms with Crippen molar-refractivity contribution in [1.82, 2.24) is 9.55 Å². The Bertz CT molecular complexity index is 513. The zero-order chi connectivity index (χ0) is 12.1. The molecule has 0 aliphatic rings. The van der Waals surface area contributed by atoms with E-state index in [-0.39, 0.29) is 13.3 Å². The number of hydrogen-bond acceptors (Lipinski definition) is 4. The van der Waals surface area contributed by atoms with E-state index >= 15 is 0 Å². The predicted molar refractivity (Wildman–Crippen MR) is 54.4 cm³/mol. The molecule has 2 N–H and O–H groups in total. The van der Waals surface area contributed by atoms with Crippen molar-refractivity contribution in [1.29, 1.82) is 0 Å². The standard InChI is InChI=1S/C9H10N2O5/c1-2-3-16-5-11-6(8(13)14)4-7(12)10-9(11)15/h2,4H,1,3,5H2,(H,13,14)(H,10,12,15). The molecule has 1 rings (SSSR count). The monoisotopic (exact) mass is 226 g/mol. The normalized spacial score (nSPS) is 10.0. The van der Waals surface area contributed by atoms with Crippen molar-refractivity contribution in [3.05, 3.63) is 45.3 Å². The van der Waals surface area contributed by atoms with Gasteiger partial charge in [-0.2, -0.15) is 0 Å². The predicted octanol–water partition coefficient (Wildman–Crippen LogP) is -0.605. The van der Waals surface area contributed by atoms with Gasteiger partial charge in [0.05, 0.1) is 6.61 Å². The summed E-state index contributed by atoms with van der Waals surface area (Å²) in [6.45, 7) is 3.31. The molecule has 0 amide bonds. The van der Waals surface area contributed by atoms with E-state index in [1.54, 1.807) is 0 Å². The summed E-state index contributed by atoms with van der Waals surface area (Å²) < 4.78 is 5.75. The fourth-order valence-electron chi connectivity index (χ4n) is 1.05. The Kier molecular flexibility index (Phi) is 3.78. The quantitative estimate of drug-likeness (QED) is 0.515. The Morgan fingerprint density at radius 3 is 2.88 bits per heavy atom. The first-order chi connectivity index (χ1) is 7.56. The molecule has 86 valence electrons. The van der Waals surface area contributed by atoms with E-state index in [1.165, 1.54) is 6.08 Å². The molecule has 0 atom stereocenters. The number of nitrogens with one attached hydrogen (secondary N) is 1. The zero-order valence-corrected chi connectivity index (χ0v) is 8.30. The summed E-state index contributed by atoms with van der Waals surface area (Å²) in [5, 5.41) is 8.78. The molecule has 1 aromatic heterocycles. The molecule has 16 heavy (non-hydrogen) atoms. The second-order valence-electron chi connectivity index (χ2n) is 2.85. The third-order valence-corrected chi connectivity index (χ3v) is 1.71. The number of carboxylic acids is 1. The molecule has 0 aromatic carbocycles. The van der Waals surface area contributed by atoms with Crippen LogP contribution in [0.4, 0.5) is 0 Å². The maximum Gasteiger partial charge on any atom is 0.352 e. The van der Waals surface area contributed by atoms with Crippen LogP contribution in [-0.2, 0) is 11.5 Å². The Labute approximate surface area is 89.6 Å². The average molecular weight is 226 g/mol.